The molecule has 1 aromatic rings. The fourth-order valence-corrected chi connectivity index (χ4v) is 2.31. The minimum Gasteiger partial charge on any atom is -0.393 e. The predicted molar refractivity (Wildman–Crippen MR) is 71.8 cm³/mol. The Bertz CT molecular complexity index is 508. The van der Waals surface area contributed by atoms with E-state index in [1.807, 2.05) is 0 Å². The highest BCUT2D eigenvalue weighted by atomic mass is 19.1. The van der Waals surface area contributed by atoms with Gasteiger partial charge in [-0.2, -0.15) is 0 Å². The van der Waals surface area contributed by atoms with Gasteiger partial charge in [0.05, 0.1) is 6.10 Å². The van der Waals surface area contributed by atoms with Crippen molar-refractivity contribution >= 4 is 12.0 Å². The minimum atomic E-state index is -0.697. The number of halogens is 2. The molecule has 1 amide bonds. The van der Waals surface area contributed by atoms with Crippen LogP contribution in [0.25, 0.3) is 6.08 Å². The van der Waals surface area contributed by atoms with Crippen LogP contribution in [0.1, 0.15) is 18.9 Å². The molecule has 108 valence electrons. The number of carbonyl (C=O) groups is 1. The zero-order chi connectivity index (χ0) is 14.7. The van der Waals surface area contributed by atoms with Crippen molar-refractivity contribution in [3.05, 3.63) is 41.5 Å². The van der Waals surface area contributed by atoms with Gasteiger partial charge in [-0.05, 0) is 31.6 Å². The molecule has 0 radical (unpaired) electrons. The lowest BCUT2D eigenvalue weighted by atomic mass is 10.0. The summed E-state index contributed by atoms with van der Waals surface area (Å²) in [5, 5.41) is 9.48. The van der Waals surface area contributed by atoms with Gasteiger partial charge in [0.15, 0.2) is 0 Å². The molecule has 1 fully saturated rings. The number of rotatable bonds is 3. The van der Waals surface area contributed by atoms with Gasteiger partial charge in [0.1, 0.15) is 11.6 Å². The van der Waals surface area contributed by atoms with Crippen molar-refractivity contribution in [1.29, 1.82) is 0 Å². The van der Waals surface area contributed by atoms with Crippen LogP contribution >= 0.6 is 0 Å². The molecule has 5 heteroatoms. The Kier molecular flexibility index (Phi) is 4.49. The Labute approximate surface area is 116 Å². The van der Waals surface area contributed by atoms with Crippen LogP contribution in [0.5, 0.6) is 0 Å². The molecule has 1 N–H and O–H groups in total. The molecule has 20 heavy (non-hydrogen) atoms. The van der Waals surface area contributed by atoms with Crippen molar-refractivity contribution in [3.63, 3.8) is 0 Å². The highest BCUT2D eigenvalue weighted by molar-refractivity contribution is 5.92. The van der Waals surface area contributed by atoms with Crippen molar-refractivity contribution in [1.82, 2.24) is 4.90 Å². The maximum absolute atomic E-state index is 13.4. The van der Waals surface area contributed by atoms with E-state index in [0.29, 0.717) is 13.1 Å². The van der Waals surface area contributed by atoms with Crippen LogP contribution in [-0.4, -0.2) is 35.1 Å². The highest BCUT2D eigenvalue weighted by Crippen LogP contribution is 2.20. The second kappa shape index (κ2) is 6.13. The van der Waals surface area contributed by atoms with Gasteiger partial charge >= 0.3 is 0 Å². The Morgan fingerprint density at radius 1 is 1.45 bits per heavy atom. The average molecular weight is 281 g/mol. The van der Waals surface area contributed by atoms with Gasteiger partial charge in [-0.15, -0.1) is 0 Å². The minimum absolute atomic E-state index is 0.0672. The number of hydrogen-bond donors (Lipinski definition) is 1. The van der Waals surface area contributed by atoms with E-state index >= 15 is 0 Å². The van der Waals surface area contributed by atoms with Crippen LogP contribution in [0.2, 0.25) is 0 Å². The molecule has 3 nitrogen and oxygen atoms in total. The third-order valence-corrected chi connectivity index (χ3v) is 3.61. The van der Waals surface area contributed by atoms with Crippen molar-refractivity contribution in [2.45, 2.75) is 19.4 Å². The number of hydrogen-bond acceptors (Lipinski definition) is 2. The Balaban J connectivity index is 2.03. The number of aliphatic hydroxyl groups excluding tert-OH is 1. The monoisotopic (exact) mass is 281 g/mol. The number of amides is 1. The van der Waals surface area contributed by atoms with Crippen LogP contribution in [0.3, 0.4) is 0 Å². The SMILES string of the molecule is CC(O)C1CCN(C(=O)/C=C/c2c(F)cccc2F)C1. The fourth-order valence-electron chi connectivity index (χ4n) is 2.31. The smallest absolute Gasteiger partial charge is 0.246 e. The molecule has 1 heterocycles. The quantitative estimate of drug-likeness (QED) is 0.863. The maximum atomic E-state index is 13.4. The second-order valence-corrected chi connectivity index (χ2v) is 5.04. The van der Waals surface area contributed by atoms with Gasteiger partial charge in [-0.25, -0.2) is 8.78 Å². The number of likely N-dealkylation sites (tertiary alicyclic amines) is 1. The van der Waals surface area contributed by atoms with Gasteiger partial charge in [0.2, 0.25) is 5.91 Å². The molecule has 0 aliphatic carbocycles. The summed E-state index contributed by atoms with van der Waals surface area (Å²) in [4.78, 5) is 13.5. The van der Waals surface area contributed by atoms with E-state index in [-0.39, 0.29) is 17.4 Å². The first kappa shape index (κ1) is 14.7. The van der Waals surface area contributed by atoms with E-state index in [4.69, 9.17) is 0 Å². The van der Waals surface area contributed by atoms with E-state index < -0.39 is 17.7 Å². The van der Waals surface area contributed by atoms with E-state index in [9.17, 15) is 18.7 Å². The molecule has 1 aliphatic heterocycles. The standard InChI is InChI=1S/C15H17F2NO2/c1-10(19)11-7-8-18(9-11)15(20)6-5-12-13(16)3-2-4-14(12)17/h2-6,10-11,19H,7-9H2,1H3/b6-5+. The lowest BCUT2D eigenvalue weighted by Crippen LogP contribution is -2.28. The van der Waals surface area contributed by atoms with Crippen LogP contribution in [0, 0.1) is 17.6 Å². The zero-order valence-electron chi connectivity index (χ0n) is 11.2. The van der Waals surface area contributed by atoms with Crippen molar-refractivity contribution < 1.29 is 18.7 Å². The van der Waals surface area contributed by atoms with Crippen LogP contribution < -0.4 is 0 Å². The summed E-state index contributed by atoms with van der Waals surface area (Å²) < 4.78 is 26.8. The Hall–Kier alpha value is -1.75. The van der Waals surface area contributed by atoms with Crippen molar-refractivity contribution in [2.24, 2.45) is 5.92 Å². The van der Waals surface area contributed by atoms with Crippen molar-refractivity contribution in [3.8, 4) is 0 Å². The zero-order valence-corrected chi connectivity index (χ0v) is 11.2. The fraction of sp³-hybridized carbons (Fsp3) is 0.400. The second-order valence-electron chi connectivity index (χ2n) is 5.04. The molecule has 1 aliphatic rings. The first-order chi connectivity index (χ1) is 9.49. The summed E-state index contributed by atoms with van der Waals surface area (Å²) in [6.45, 7) is 2.72. The maximum Gasteiger partial charge on any atom is 0.246 e. The number of nitrogens with zero attached hydrogens (tertiary/aromatic N) is 1. The molecule has 1 saturated heterocycles. The van der Waals surface area contributed by atoms with Crippen molar-refractivity contribution in [2.75, 3.05) is 13.1 Å². The summed E-state index contributed by atoms with van der Waals surface area (Å²) in [6.07, 6.45) is 2.61. The van der Waals surface area contributed by atoms with Gasteiger partial charge in [0.25, 0.3) is 0 Å². The summed E-state index contributed by atoms with van der Waals surface area (Å²) in [5.74, 6) is -1.62. The molecule has 2 atom stereocenters. The summed E-state index contributed by atoms with van der Waals surface area (Å²) in [7, 11) is 0. The van der Waals surface area contributed by atoms with Crippen LogP contribution in [0.4, 0.5) is 8.78 Å². The highest BCUT2D eigenvalue weighted by Gasteiger charge is 2.27. The molecule has 0 saturated carbocycles. The number of benzene rings is 1. The van der Waals surface area contributed by atoms with Gasteiger partial charge in [-0.1, -0.05) is 6.07 Å². The molecule has 1 aromatic carbocycles. The van der Waals surface area contributed by atoms with E-state index in [2.05, 4.69) is 0 Å². The van der Waals surface area contributed by atoms with E-state index in [1.54, 1.807) is 11.8 Å². The first-order valence-corrected chi connectivity index (χ1v) is 6.58. The lowest BCUT2D eigenvalue weighted by Gasteiger charge is -2.15. The van der Waals surface area contributed by atoms with Crippen LogP contribution in [-0.2, 0) is 4.79 Å². The molecule has 0 spiro atoms. The summed E-state index contributed by atoms with van der Waals surface area (Å²) >= 11 is 0. The predicted octanol–water partition coefficient (Wildman–Crippen LogP) is 2.21. The van der Waals surface area contributed by atoms with E-state index in [0.717, 1.165) is 24.6 Å². The first-order valence-electron chi connectivity index (χ1n) is 6.58. The normalized spacial score (nSPS) is 20.6. The third kappa shape index (κ3) is 3.22. The Morgan fingerprint density at radius 3 is 2.65 bits per heavy atom. The molecule has 0 bridgehead atoms. The number of carbonyl (C=O) groups excluding carboxylic acids is 1. The largest absolute Gasteiger partial charge is 0.393 e. The number of aliphatic hydroxyl groups is 1. The van der Waals surface area contributed by atoms with Crippen LogP contribution in [0.15, 0.2) is 24.3 Å². The lowest BCUT2D eigenvalue weighted by molar-refractivity contribution is -0.125. The van der Waals surface area contributed by atoms with Gasteiger partial charge in [-0.3, -0.25) is 4.79 Å². The average Bonchev–Trinajstić information content (AvgIpc) is 2.87. The molecular weight excluding hydrogens is 264 g/mol. The molecule has 2 rings (SSSR count). The molecule has 0 aromatic heterocycles. The van der Waals surface area contributed by atoms with Gasteiger partial charge < -0.3 is 10.0 Å². The third-order valence-electron chi connectivity index (χ3n) is 3.61. The van der Waals surface area contributed by atoms with E-state index in [1.165, 1.54) is 12.1 Å². The van der Waals surface area contributed by atoms with Gasteiger partial charge in [0, 0.05) is 30.6 Å². The Morgan fingerprint density at radius 2 is 2.10 bits per heavy atom. The molecular formula is C15H17F2NO2. The molecule has 2 unspecified atom stereocenters. The topological polar surface area (TPSA) is 40.5 Å². The summed E-state index contributed by atoms with van der Waals surface area (Å²) in [6, 6.07) is 3.57. The summed E-state index contributed by atoms with van der Waals surface area (Å²) in [5.41, 5.74) is -0.216.